The molecule has 18 heavy (non-hydrogen) atoms. The minimum Gasteiger partial charge on any atom is -0.385 e. The quantitative estimate of drug-likeness (QED) is 0.477. The fourth-order valence-electron chi connectivity index (χ4n) is 1.56. The van der Waals surface area contributed by atoms with Gasteiger partial charge in [-0.15, -0.1) is 5.10 Å². The van der Waals surface area contributed by atoms with E-state index in [1.807, 2.05) is 6.07 Å². The van der Waals surface area contributed by atoms with E-state index in [1.165, 1.54) is 12.1 Å². The zero-order valence-corrected chi connectivity index (χ0v) is 9.69. The Hall–Kier alpha value is -2.44. The first-order valence-electron chi connectivity index (χ1n) is 5.58. The van der Waals surface area contributed by atoms with Gasteiger partial charge < -0.3 is 5.32 Å². The summed E-state index contributed by atoms with van der Waals surface area (Å²) in [5.41, 5.74) is 0.846. The molecule has 94 valence electrons. The number of hydrogen-bond donors (Lipinski definition) is 1. The van der Waals surface area contributed by atoms with Crippen molar-refractivity contribution in [2.45, 2.75) is 13.0 Å². The minimum atomic E-state index is -0.402. The number of nitro benzene ring substituents is 1. The molecule has 7 heteroatoms. The Bertz CT molecular complexity index is 512. The van der Waals surface area contributed by atoms with E-state index >= 15 is 0 Å². The van der Waals surface area contributed by atoms with Crippen LogP contribution in [0.2, 0.25) is 0 Å². The first-order valence-corrected chi connectivity index (χ1v) is 5.58. The Morgan fingerprint density at radius 3 is 3.06 bits per heavy atom. The van der Waals surface area contributed by atoms with Gasteiger partial charge in [0.25, 0.3) is 5.69 Å². The number of hydrogen-bond acceptors (Lipinski definition) is 5. The van der Waals surface area contributed by atoms with E-state index in [-0.39, 0.29) is 5.69 Å². The monoisotopic (exact) mass is 247 g/mol. The third-order valence-electron chi connectivity index (χ3n) is 2.42. The zero-order valence-electron chi connectivity index (χ0n) is 9.69. The maximum atomic E-state index is 10.6. The van der Waals surface area contributed by atoms with Gasteiger partial charge in [-0.25, -0.2) is 0 Å². The normalized spacial score (nSPS) is 10.2. The Morgan fingerprint density at radius 2 is 2.33 bits per heavy atom. The smallest absolute Gasteiger partial charge is 0.271 e. The molecule has 1 heterocycles. The summed E-state index contributed by atoms with van der Waals surface area (Å²) >= 11 is 0. The Kier molecular flexibility index (Phi) is 3.85. The molecule has 0 amide bonds. The average molecular weight is 247 g/mol. The van der Waals surface area contributed by atoms with Crippen molar-refractivity contribution in [2.24, 2.45) is 0 Å². The van der Waals surface area contributed by atoms with Gasteiger partial charge in [-0.3, -0.25) is 14.8 Å². The summed E-state index contributed by atoms with van der Waals surface area (Å²) in [5.74, 6) is 0. The topological polar surface area (TPSA) is 85.9 Å². The van der Waals surface area contributed by atoms with E-state index in [2.05, 4.69) is 15.6 Å². The minimum absolute atomic E-state index is 0.0938. The number of benzene rings is 1. The second-order valence-electron chi connectivity index (χ2n) is 3.75. The maximum Gasteiger partial charge on any atom is 0.271 e. The number of non-ortho nitro benzene ring substituents is 1. The van der Waals surface area contributed by atoms with Crippen LogP contribution in [0.5, 0.6) is 0 Å². The molecule has 0 atom stereocenters. The van der Waals surface area contributed by atoms with Crippen LogP contribution < -0.4 is 5.32 Å². The third-order valence-corrected chi connectivity index (χ3v) is 2.42. The van der Waals surface area contributed by atoms with Crippen molar-refractivity contribution in [1.82, 2.24) is 15.0 Å². The molecule has 0 aliphatic rings. The van der Waals surface area contributed by atoms with E-state index in [1.54, 1.807) is 23.1 Å². The lowest BCUT2D eigenvalue weighted by atomic mass is 10.3. The van der Waals surface area contributed by atoms with Crippen LogP contribution in [0.1, 0.15) is 6.42 Å². The second-order valence-corrected chi connectivity index (χ2v) is 3.75. The van der Waals surface area contributed by atoms with Crippen LogP contribution in [-0.4, -0.2) is 26.5 Å². The molecule has 0 saturated heterocycles. The highest BCUT2D eigenvalue weighted by molar-refractivity contribution is 5.50. The standard InChI is InChI=1S/C11H13N5O2/c17-16(18)11-4-1-3-10(9-11)12-5-2-7-15-8-6-13-14-15/h1,3-4,6,8-9,12H,2,5,7H2. The number of nitrogens with zero attached hydrogens (tertiary/aromatic N) is 4. The number of nitro groups is 1. The van der Waals surface area contributed by atoms with Gasteiger partial charge in [0, 0.05) is 37.1 Å². The van der Waals surface area contributed by atoms with Crippen LogP contribution in [0, 0.1) is 10.1 Å². The molecule has 0 saturated carbocycles. The zero-order chi connectivity index (χ0) is 12.8. The van der Waals surface area contributed by atoms with Crippen LogP contribution >= 0.6 is 0 Å². The van der Waals surface area contributed by atoms with Crippen molar-refractivity contribution in [3.8, 4) is 0 Å². The molecule has 2 aromatic rings. The Labute approximate surface area is 104 Å². The van der Waals surface area contributed by atoms with Crippen molar-refractivity contribution in [3.05, 3.63) is 46.8 Å². The van der Waals surface area contributed by atoms with E-state index in [9.17, 15) is 10.1 Å². The van der Waals surface area contributed by atoms with Gasteiger partial charge in [0.05, 0.1) is 11.1 Å². The van der Waals surface area contributed by atoms with Crippen molar-refractivity contribution < 1.29 is 4.92 Å². The largest absolute Gasteiger partial charge is 0.385 e. The van der Waals surface area contributed by atoms with Gasteiger partial charge >= 0.3 is 0 Å². The highest BCUT2D eigenvalue weighted by Gasteiger charge is 2.04. The van der Waals surface area contributed by atoms with E-state index < -0.39 is 4.92 Å². The third kappa shape index (κ3) is 3.27. The fraction of sp³-hybridized carbons (Fsp3) is 0.273. The lowest BCUT2D eigenvalue weighted by molar-refractivity contribution is -0.384. The molecule has 0 aliphatic carbocycles. The molecule has 0 radical (unpaired) electrons. The van der Waals surface area contributed by atoms with Gasteiger partial charge in [-0.05, 0) is 12.5 Å². The maximum absolute atomic E-state index is 10.6. The summed E-state index contributed by atoms with van der Waals surface area (Å²) in [7, 11) is 0. The molecule has 1 aromatic heterocycles. The number of anilines is 1. The molecule has 0 fully saturated rings. The molecular weight excluding hydrogens is 234 g/mol. The summed E-state index contributed by atoms with van der Waals surface area (Å²) in [5, 5.41) is 21.3. The Balaban J connectivity index is 1.79. The van der Waals surface area contributed by atoms with Gasteiger partial charge in [-0.1, -0.05) is 11.3 Å². The van der Waals surface area contributed by atoms with E-state index in [4.69, 9.17) is 0 Å². The number of aryl methyl sites for hydroxylation is 1. The average Bonchev–Trinajstić information content (AvgIpc) is 2.88. The molecular formula is C11H13N5O2. The Morgan fingerprint density at radius 1 is 1.44 bits per heavy atom. The van der Waals surface area contributed by atoms with Crippen LogP contribution in [-0.2, 0) is 6.54 Å². The molecule has 1 N–H and O–H groups in total. The van der Waals surface area contributed by atoms with Crippen molar-refractivity contribution in [3.63, 3.8) is 0 Å². The predicted molar refractivity (Wildman–Crippen MR) is 66.2 cm³/mol. The lowest BCUT2D eigenvalue weighted by Crippen LogP contribution is -2.07. The summed E-state index contributed by atoms with van der Waals surface area (Å²) in [6, 6.07) is 6.47. The van der Waals surface area contributed by atoms with Crippen LogP contribution in [0.3, 0.4) is 0 Å². The van der Waals surface area contributed by atoms with Crippen LogP contribution in [0.4, 0.5) is 11.4 Å². The SMILES string of the molecule is O=[N+]([O-])c1cccc(NCCCn2ccnn2)c1. The molecule has 2 rings (SSSR count). The van der Waals surface area contributed by atoms with Crippen LogP contribution in [0.15, 0.2) is 36.7 Å². The molecule has 0 spiro atoms. The molecule has 0 aliphatic heterocycles. The first kappa shape index (κ1) is 12.0. The first-order chi connectivity index (χ1) is 8.75. The number of rotatable bonds is 6. The van der Waals surface area contributed by atoms with E-state index in [0.717, 1.165) is 25.2 Å². The van der Waals surface area contributed by atoms with Gasteiger partial charge in [0.15, 0.2) is 0 Å². The fourth-order valence-corrected chi connectivity index (χ4v) is 1.56. The second kappa shape index (κ2) is 5.76. The number of aromatic nitrogens is 3. The van der Waals surface area contributed by atoms with Crippen molar-refractivity contribution in [1.29, 1.82) is 0 Å². The van der Waals surface area contributed by atoms with Crippen molar-refractivity contribution in [2.75, 3.05) is 11.9 Å². The summed E-state index contributed by atoms with van der Waals surface area (Å²) < 4.78 is 1.75. The highest BCUT2D eigenvalue weighted by Crippen LogP contribution is 2.16. The van der Waals surface area contributed by atoms with Gasteiger partial charge in [-0.2, -0.15) is 0 Å². The summed E-state index contributed by atoms with van der Waals surface area (Å²) in [4.78, 5) is 10.2. The van der Waals surface area contributed by atoms with Crippen LogP contribution in [0.25, 0.3) is 0 Å². The summed E-state index contributed by atoms with van der Waals surface area (Å²) in [6.45, 7) is 1.49. The highest BCUT2D eigenvalue weighted by atomic mass is 16.6. The van der Waals surface area contributed by atoms with Gasteiger partial charge in [0.2, 0.25) is 0 Å². The van der Waals surface area contributed by atoms with E-state index in [0.29, 0.717) is 0 Å². The summed E-state index contributed by atoms with van der Waals surface area (Å²) in [6.07, 6.45) is 4.30. The predicted octanol–water partition coefficient (Wildman–Crippen LogP) is 1.69. The molecule has 1 aromatic carbocycles. The molecule has 0 bridgehead atoms. The number of nitrogens with one attached hydrogen (secondary N) is 1. The molecule has 0 unspecified atom stereocenters. The molecule has 7 nitrogen and oxygen atoms in total. The van der Waals surface area contributed by atoms with Crippen molar-refractivity contribution >= 4 is 11.4 Å². The lowest BCUT2D eigenvalue weighted by Gasteiger charge is -2.05. The van der Waals surface area contributed by atoms with Gasteiger partial charge in [0.1, 0.15) is 0 Å².